The van der Waals surface area contributed by atoms with Crippen molar-refractivity contribution in [3.05, 3.63) is 24.3 Å². The highest BCUT2D eigenvalue weighted by Crippen LogP contribution is 2.18. The van der Waals surface area contributed by atoms with E-state index in [4.69, 9.17) is 5.53 Å². The monoisotopic (exact) mass is 149 g/mol. The largest absolute Gasteiger partial charge is 0.378 e. The van der Waals surface area contributed by atoms with E-state index in [1.54, 1.807) is 6.07 Å². The van der Waals surface area contributed by atoms with Gasteiger partial charge in [0.15, 0.2) is 0 Å². The van der Waals surface area contributed by atoms with E-state index in [1.807, 2.05) is 37.2 Å². The maximum absolute atomic E-state index is 6.79. The third-order valence-electron chi connectivity index (χ3n) is 1.48. The zero-order chi connectivity index (χ0) is 8.27. The molecule has 1 aromatic carbocycles. The van der Waals surface area contributed by atoms with Gasteiger partial charge in [-0.1, -0.05) is 6.07 Å². The Labute approximate surface area is 66.2 Å². The maximum Gasteiger partial charge on any atom is 0.0870 e. The van der Waals surface area contributed by atoms with Crippen LogP contribution in [0.3, 0.4) is 0 Å². The van der Waals surface area contributed by atoms with Gasteiger partial charge in [-0.3, -0.25) is 0 Å². The van der Waals surface area contributed by atoms with Crippen molar-refractivity contribution in [3.8, 4) is 0 Å². The number of hydrogen-bond acceptors (Lipinski definition) is 3. The van der Waals surface area contributed by atoms with Crippen molar-refractivity contribution >= 4 is 11.4 Å². The lowest BCUT2D eigenvalue weighted by Gasteiger charge is -2.11. The summed E-state index contributed by atoms with van der Waals surface area (Å²) in [5.74, 6) is 0. The van der Waals surface area contributed by atoms with E-state index in [2.05, 4.69) is 5.11 Å². The summed E-state index contributed by atoms with van der Waals surface area (Å²) < 4.78 is 0. The smallest absolute Gasteiger partial charge is 0.0870 e. The van der Waals surface area contributed by atoms with Gasteiger partial charge in [-0.05, 0) is 18.2 Å². The molecule has 0 aliphatic rings. The van der Waals surface area contributed by atoms with Gasteiger partial charge in [0, 0.05) is 19.8 Å². The van der Waals surface area contributed by atoms with E-state index in [0.29, 0.717) is 5.69 Å². The van der Waals surface area contributed by atoms with Crippen molar-refractivity contribution in [2.45, 2.75) is 0 Å². The number of benzene rings is 1. The first-order valence-electron chi connectivity index (χ1n) is 3.39. The molecule has 0 radical (unpaired) electrons. The van der Waals surface area contributed by atoms with E-state index in [1.165, 1.54) is 0 Å². The molecule has 0 aromatic heterocycles. The van der Waals surface area contributed by atoms with E-state index < -0.39 is 0 Å². The fraction of sp³-hybridized carbons (Fsp3) is 0.250. The molecular weight excluding hydrogens is 138 g/mol. The number of rotatable bonds is 2. The van der Waals surface area contributed by atoms with Crippen LogP contribution < -0.4 is 4.90 Å². The molecule has 3 nitrogen and oxygen atoms in total. The van der Waals surface area contributed by atoms with Gasteiger partial charge in [0.25, 0.3) is 0 Å². The van der Waals surface area contributed by atoms with Crippen molar-refractivity contribution in [1.29, 1.82) is 5.53 Å². The van der Waals surface area contributed by atoms with Crippen LogP contribution in [0, 0.1) is 5.53 Å². The Morgan fingerprint density at radius 2 is 2.09 bits per heavy atom. The summed E-state index contributed by atoms with van der Waals surface area (Å²) in [4.78, 5) is 1.98. The van der Waals surface area contributed by atoms with Gasteiger partial charge in [-0.15, -0.1) is 0 Å². The minimum Gasteiger partial charge on any atom is -0.378 e. The van der Waals surface area contributed by atoms with Gasteiger partial charge in [0.2, 0.25) is 0 Å². The number of nitrogens with one attached hydrogen (secondary N) is 1. The number of hydrogen-bond donors (Lipinski definition) is 1. The minimum atomic E-state index is 0.691. The molecule has 0 bridgehead atoms. The van der Waals surface area contributed by atoms with Gasteiger partial charge < -0.3 is 4.90 Å². The zero-order valence-electron chi connectivity index (χ0n) is 6.70. The van der Waals surface area contributed by atoms with Crippen LogP contribution in [0.5, 0.6) is 0 Å². The summed E-state index contributed by atoms with van der Waals surface area (Å²) in [6.45, 7) is 0. The molecule has 0 unspecified atom stereocenters. The molecule has 0 atom stereocenters. The molecule has 58 valence electrons. The Morgan fingerprint density at radius 3 is 2.64 bits per heavy atom. The van der Waals surface area contributed by atoms with Crippen molar-refractivity contribution in [1.82, 2.24) is 0 Å². The standard InChI is InChI=1S/C8H11N3/c1-11(2)8-5-3-4-7(6-8)10-9/h3-6,9H,1-2H3. The fourth-order valence-corrected chi connectivity index (χ4v) is 0.841. The minimum absolute atomic E-state index is 0.691. The Balaban J connectivity index is 3.00. The first-order chi connectivity index (χ1) is 5.24. The highest BCUT2D eigenvalue weighted by molar-refractivity contribution is 5.54. The van der Waals surface area contributed by atoms with Crippen LogP contribution in [-0.2, 0) is 0 Å². The Kier molecular flexibility index (Phi) is 2.21. The Hall–Kier alpha value is -1.38. The van der Waals surface area contributed by atoms with Gasteiger partial charge in [-0.25, -0.2) is 5.53 Å². The van der Waals surface area contributed by atoms with E-state index in [0.717, 1.165) is 5.69 Å². The second kappa shape index (κ2) is 3.14. The van der Waals surface area contributed by atoms with Crippen LogP contribution in [-0.4, -0.2) is 14.1 Å². The predicted molar refractivity (Wildman–Crippen MR) is 45.6 cm³/mol. The molecule has 0 saturated carbocycles. The molecule has 1 rings (SSSR count). The third-order valence-corrected chi connectivity index (χ3v) is 1.48. The lowest BCUT2D eigenvalue weighted by atomic mass is 10.3. The first kappa shape index (κ1) is 7.72. The lowest BCUT2D eigenvalue weighted by molar-refractivity contribution is 1.11. The fourth-order valence-electron chi connectivity index (χ4n) is 0.841. The molecule has 11 heavy (non-hydrogen) atoms. The predicted octanol–water partition coefficient (Wildman–Crippen LogP) is 2.42. The van der Waals surface area contributed by atoms with Crippen molar-refractivity contribution in [2.75, 3.05) is 19.0 Å². The molecule has 0 heterocycles. The highest BCUT2D eigenvalue weighted by atomic mass is 15.1. The van der Waals surface area contributed by atoms with Crippen LogP contribution in [0.25, 0.3) is 0 Å². The van der Waals surface area contributed by atoms with Gasteiger partial charge >= 0.3 is 0 Å². The van der Waals surface area contributed by atoms with Crippen molar-refractivity contribution in [3.63, 3.8) is 0 Å². The zero-order valence-corrected chi connectivity index (χ0v) is 6.70. The van der Waals surface area contributed by atoms with Crippen LogP contribution in [0.1, 0.15) is 0 Å². The van der Waals surface area contributed by atoms with Crippen LogP contribution >= 0.6 is 0 Å². The van der Waals surface area contributed by atoms with Crippen molar-refractivity contribution in [2.24, 2.45) is 5.11 Å². The summed E-state index contributed by atoms with van der Waals surface area (Å²) in [5, 5.41) is 3.34. The maximum atomic E-state index is 6.79. The lowest BCUT2D eigenvalue weighted by Crippen LogP contribution is -2.07. The Morgan fingerprint density at radius 1 is 1.36 bits per heavy atom. The third kappa shape index (κ3) is 1.77. The van der Waals surface area contributed by atoms with Crippen LogP contribution in [0.2, 0.25) is 0 Å². The average molecular weight is 149 g/mol. The van der Waals surface area contributed by atoms with Crippen molar-refractivity contribution < 1.29 is 0 Å². The molecule has 3 heteroatoms. The summed E-state index contributed by atoms with van der Waals surface area (Å²) in [5.41, 5.74) is 8.55. The second-order valence-electron chi connectivity index (χ2n) is 2.53. The van der Waals surface area contributed by atoms with E-state index in [9.17, 15) is 0 Å². The second-order valence-corrected chi connectivity index (χ2v) is 2.53. The van der Waals surface area contributed by atoms with Crippen LogP contribution in [0.15, 0.2) is 29.4 Å². The van der Waals surface area contributed by atoms with Gasteiger partial charge in [0.1, 0.15) is 0 Å². The summed E-state index contributed by atoms with van der Waals surface area (Å²) in [6, 6.07) is 7.55. The molecule has 0 spiro atoms. The van der Waals surface area contributed by atoms with Crippen LogP contribution in [0.4, 0.5) is 11.4 Å². The SMILES string of the molecule is CN(C)c1cccc(N=N)c1. The van der Waals surface area contributed by atoms with Gasteiger partial charge in [0.05, 0.1) is 5.69 Å². The van der Waals surface area contributed by atoms with E-state index in [-0.39, 0.29) is 0 Å². The normalized spacial score (nSPS) is 9.27. The molecule has 0 amide bonds. The molecule has 1 aromatic rings. The number of anilines is 1. The molecule has 0 aliphatic carbocycles. The van der Waals surface area contributed by atoms with Gasteiger partial charge in [-0.2, -0.15) is 5.11 Å². The Bertz CT molecular complexity index is 255. The topological polar surface area (TPSA) is 39.5 Å². The molecule has 0 aliphatic heterocycles. The summed E-state index contributed by atoms with van der Waals surface area (Å²) >= 11 is 0. The highest BCUT2D eigenvalue weighted by Gasteiger charge is 1.94. The first-order valence-corrected chi connectivity index (χ1v) is 3.39. The number of nitrogens with zero attached hydrogens (tertiary/aromatic N) is 2. The molecule has 0 fully saturated rings. The quantitative estimate of drug-likeness (QED) is 0.644. The summed E-state index contributed by atoms with van der Waals surface area (Å²) in [6.07, 6.45) is 0. The molecular formula is C8H11N3. The molecule has 0 saturated heterocycles. The summed E-state index contributed by atoms with van der Waals surface area (Å²) in [7, 11) is 3.92. The average Bonchev–Trinajstić information content (AvgIpc) is 2.05. The molecule has 1 N–H and O–H groups in total. The van der Waals surface area contributed by atoms with E-state index >= 15 is 0 Å².